The standard InChI is InChI=1S/C12H13NO3S/c1-2-13-17(15,16)12-6-4-9-7-11(14)5-3-10(9)8-12/h3-8,13-14H,2H2,1H3. The van der Waals surface area contributed by atoms with Gasteiger partial charge in [-0.1, -0.05) is 19.1 Å². The lowest BCUT2D eigenvalue weighted by atomic mass is 10.1. The van der Waals surface area contributed by atoms with Crippen LogP contribution in [-0.2, 0) is 10.0 Å². The van der Waals surface area contributed by atoms with Crippen LogP contribution in [0.4, 0.5) is 0 Å². The first-order valence-corrected chi connectivity index (χ1v) is 6.74. The number of hydrogen-bond donors (Lipinski definition) is 2. The van der Waals surface area contributed by atoms with E-state index in [1.165, 1.54) is 12.1 Å². The molecule has 17 heavy (non-hydrogen) atoms. The second-order valence-electron chi connectivity index (χ2n) is 3.69. The molecule has 0 aromatic heterocycles. The highest BCUT2D eigenvalue weighted by molar-refractivity contribution is 7.89. The smallest absolute Gasteiger partial charge is 0.240 e. The van der Waals surface area contributed by atoms with Gasteiger partial charge in [-0.2, -0.15) is 0 Å². The Hall–Kier alpha value is -1.59. The topological polar surface area (TPSA) is 66.4 Å². The Kier molecular flexibility index (Phi) is 3.04. The van der Waals surface area contributed by atoms with Crippen molar-refractivity contribution in [3.8, 4) is 5.75 Å². The lowest BCUT2D eigenvalue weighted by Gasteiger charge is -2.06. The average molecular weight is 251 g/mol. The van der Waals surface area contributed by atoms with Crippen molar-refractivity contribution in [1.82, 2.24) is 4.72 Å². The van der Waals surface area contributed by atoms with E-state index in [4.69, 9.17) is 0 Å². The van der Waals surface area contributed by atoms with Crippen LogP contribution in [0.1, 0.15) is 6.92 Å². The summed E-state index contributed by atoms with van der Waals surface area (Å²) in [5.41, 5.74) is 0. The number of phenolic OH excluding ortho intramolecular Hbond substituents is 1. The molecule has 0 fully saturated rings. The summed E-state index contributed by atoms with van der Waals surface area (Å²) in [6.45, 7) is 2.09. The van der Waals surface area contributed by atoms with Crippen LogP contribution in [0.15, 0.2) is 41.3 Å². The molecule has 0 aliphatic heterocycles. The van der Waals surface area contributed by atoms with E-state index in [2.05, 4.69) is 4.72 Å². The van der Waals surface area contributed by atoms with Crippen molar-refractivity contribution in [3.63, 3.8) is 0 Å². The first-order chi connectivity index (χ1) is 8.03. The summed E-state index contributed by atoms with van der Waals surface area (Å²) < 4.78 is 26.0. The van der Waals surface area contributed by atoms with Crippen LogP contribution in [0.25, 0.3) is 10.8 Å². The van der Waals surface area contributed by atoms with E-state index in [0.29, 0.717) is 6.54 Å². The molecule has 90 valence electrons. The SMILES string of the molecule is CCNS(=O)(=O)c1ccc2cc(O)ccc2c1. The van der Waals surface area contributed by atoms with Crippen LogP contribution in [0.2, 0.25) is 0 Å². The zero-order valence-electron chi connectivity index (χ0n) is 9.34. The summed E-state index contributed by atoms with van der Waals surface area (Å²) in [6.07, 6.45) is 0. The average Bonchev–Trinajstić information content (AvgIpc) is 2.28. The Balaban J connectivity index is 2.56. The molecule has 0 atom stereocenters. The molecule has 5 heteroatoms. The maximum absolute atomic E-state index is 11.8. The lowest BCUT2D eigenvalue weighted by molar-refractivity contribution is 0.476. The van der Waals surface area contributed by atoms with Crippen molar-refractivity contribution in [2.75, 3.05) is 6.54 Å². The minimum absolute atomic E-state index is 0.166. The third kappa shape index (κ3) is 2.40. The summed E-state index contributed by atoms with van der Waals surface area (Å²) >= 11 is 0. The summed E-state index contributed by atoms with van der Waals surface area (Å²) in [5, 5.41) is 10.9. The highest BCUT2D eigenvalue weighted by atomic mass is 32.2. The minimum atomic E-state index is -3.42. The van der Waals surface area contributed by atoms with Gasteiger partial charge < -0.3 is 5.11 Å². The molecule has 0 saturated heterocycles. The predicted octanol–water partition coefficient (Wildman–Crippen LogP) is 1.84. The van der Waals surface area contributed by atoms with E-state index in [1.54, 1.807) is 31.2 Å². The van der Waals surface area contributed by atoms with Crippen LogP contribution in [-0.4, -0.2) is 20.1 Å². The summed E-state index contributed by atoms with van der Waals surface area (Å²) in [4.78, 5) is 0.234. The fourth-order valence-electron chi connectivity index (χ4n) is 1.65. The number of sulfonamides is 1. The van der Waals surface area contributed by atoms with Crippen LogP contribution in [0, 0.1) is 0 Å². The molecule has 4 nitrogen and oxygen atoms in total. The van der Waals surface area contributed by atoms with Crippen molar-refractivity contribution in [3.05, 3.63) is 36.4 Å². The molecule has 0 spiro atoms. The number of aromatic hydroxyl groups is 1. The molecule has 2 N–H and O–H groups in total. The van der Waals surface area contributed by atoms with Crippen molar-refractivity contribution in [1.29, 1.82) is 0 Å². The maximum atomic E-state index is 11.8. The summed E-state index contributed by atoms with van der Waals surface area (Å²) in [6, 6.07) is 9.62. The third-order valence-corrected chi connectivity index (χ3v) is 3.98. The maximum Gasteiger partial charge on any atom is 0.240 e. The van der Waals surface area contributed by atoms with Crippen molar-refractivity contribution < 1.29 is 13.5 Å². The zero-order chi connectivity index (χ0) is 12.5. The second-order valence-corrected chi connectivity index (χ2v) is 5.46. The molecule has 2 aromatic rings. The molecule has 0 aliphatic rings. The van der Waals surface area contributed by atoms with Gasteiger partial charge in [-0.05, 0) is 35.0 Å². The highest BCUT2D eigenvalue weighted by Gasteiger charge is 2.12. The van der Waals surface area contributed by atoms with Crippen molar-refractivity contribution in [2.45, 2.75) is 11.8 Å². The van der Waals surface area contributed by atoms with Crippen LogP contribution in [0.3, 0.4) is 0 Å². The fourth-order valence-corrected chi connectivity index (χ4v) is 2.73. The summed E-state index contributed by atoms with van der Waals surface area (Å²) in [5.74, 6) is 0.166. The van der Waals surface area contributed by atoms with Crippen LogP contribution < -0.4 is 4.72 Å². The predicted molar refractivity (Wildman–Crippen MR) is 66.5 cm³/mol. The fraction of sp³-hybridized carbons (Fsp3) is 0.167. The van der Waals surface area contributed by atoms with Gasteiger partial charge in [0, 0.05) is 6.54 Å². The van der Waals surface area contributed by atoms with Gasteiger partial charge in [0.05, 0.1) is 4.90 Å². The first kappa shape index (κ1) is 11.9. The number of phenols is 1. The van der Waals surface area contributed by atoms with Crippen molar-refractivity contribution >= 4 is 20.8 Å². The monoisotopic (exact) mass is 251 g/mol. The molecule has 2 rings (SSSR count). The molecule has 0 bridgehead atoms. The highest BCUT2D eigenvalue weighted by Crippen LogP contribution is 2.22. The van der Waals surface area contributed by atoms with Gasteiger partial charge in [0.2, 0.25) is 10.0 Å². The Morgan fingerprint density at radius 3 is 2.47 bits per heavy atom. The molecule has 0 aliphatic carbocycles. The summed E-state index contributed by atoms with van der Waals surface area (Å²) in [7, 11) is -3.42. The molecule has 0 heterocycles. The molecular weight excluding hydrogens is 238 g/mol. The van der Waals surface area contributed by atoms with Gasteiger partial charge in [0.15, 0.2) is 0 Å². The third-order valence-electron chi connectivity index (χ3n) is 2.44. The zero-order valence-corrected chi connectivity index (χ0v) is 10.2. The Morgan fingerprint density at radius 1 is 1.12 bits per heavy atom. The van der Waals surface area contributed by atoms with Gasteiger partial charge in [-0.15, -0.1) is 0 Å². The normalized spacial score (nSPS) is 11.8. The number of rotatable bonds is 3. The van der Waals surface area contributed by atoms with E-state index >= 15 is 0 Å². The van der Waals surface area contributed by atoms with E-state index in [9.17, 15) is 13.5 Å². The second kappa shape index (κ2) is 4.35. The molecular formula is C12H13NO3S. The number of hydrogen-bond acceptors (Lipinski definition) is 3. The first-order valence-electron chi connectivity index (χ1n) is 5.25. The van der Waals surface area contributed by atoms with Crippen LogP contribution >= 0.6 is 0 Å². The van der Waals surface area contributed by atoms with Crippen molar-refractivity contribution in [2.24, 2.45) is 0 Å². The van der Waals surface area contributed by atoms with E-state index in [-0.39, 0.29) is 10.6 Å². The van der Waals surface area contributed by atoms with Gasteiger partial charge >= 0.3 is 0 Å². The Bertz CT molecular complexity index is 650. The Morgan fingerprint density at radius 2 is 1.76 bits per heavy atom. The van der Waals surface area contributed by atoms with Gasteiger partial charge in [0.25, 0.3) is 0 Å². The number of nitrogens with one attached hydrogen (secondary N) is 1. The number of fused-ring (bicyclic) bond motifs is 1. The largest absolute Gasteiger partial charge is 0.508 e. The van der Waals surface area contributed by atoms with E-state index < -0.39 is 10.0 Å². The molecule has 0 radical (unpaired) electrons. The van der Waals surface area contributed by atoms with Gasteiger partial charge in [-0.3, -0.25) is 0 Å². The van der Waals surface area contributed by atoms with Gasteiger partial charge in [0.1, 0.15) is 5.75 Å². The molecule has 0 unspecified atom stereocenters. The quantitative estimate of drug-likeness (QED) is 0.874. The molecule has 0 amide bonds. The Labute approximate surface area is 99.9 Å². The number of benzene rings is 2. The van der Waals surface area contributed by atoms with E-state index in [0.717, 1.165) is 10.8 Å². The minimum Gasteiger partial charge on any atom is -0.508 e. The molecule has 0 saturated carbocycles. The lowest BCUT2D eigenvalue weighted by Crippen LogP contribution is -2.22. The van der Waals surface area contributed by atoms with Gasteiger partial charge in [-0.25, -0.2) is 13.1 Å². The van der Waals surface area contributed by atoms with Crippen LogP contribution in [0.5, 0.6) is 5.75 Å². The van der Waals surface area contributed by atoms with E-state index in [1.807, 2.05) is 0 Å². The molecule has 2 aromatic carbocycles.